The molecule has 0 saturated heterocycles. The van der Waals surface area contributed by atoms with Crippen molar-refractivity contribution in [3.05, 3.63) is 16.3 Å². The zero-order valence-corrected chi connectivity index (χ0v) is 7.18. The molecule has 0 amide bonds. The minimum Gasteiger partial charge on any atom is -0.506 e. The van der Waals surface area contributed by atoms with Crippen LogP contribution in [0.2, 0.25) is 0 Å². The van der Waals surface area contributed by atoms with Crippen LogP contribution in [0.15, 0.2) is 16.6 Å². The van der Waals surface area contributed by atoms with Crippen molar-refractivity contribution in [3.63, 3.8) is 0 Å². The van der Waals surface area contributed by atoms with Crippen LogP contribution in [0.5, 0.6) is 5.75 Å². The Hall–Kier alpha value is -1.03. The van der Waals surface area contributed by atoms with Gasteiger partial charge in [-0.1, -0.05) is 5.16 Å². The number of nitrogens with zero attached hydrogens (tertiary/aromatic N) is 1. The molecule has 0 fully saturated rings. The van der Waals surface area contributed by atoms with Gasteiger partial charge in [-0.05, 0) is 18.4 Å². The number of rotatable bonds is 2. The molecule has 0 aliphatic heterocycles. The molecule has 1 N–H and O–H groups in total. The second-order valence-electron chi connectivity index (χ2n) is 1.99. The highest BCUT2D eigenvalue weighted by Crippen LogP contribution is 2.23. The lowest BCUT2D eigenvalue weighted by Gasteiger charge is -1.95. The maximum Gasteiger partial charge on any atom is 0.135 e. The summed E-state index contributed by atoms with van der Waals surface area (Å²) >= 11 is 1.44. The van der Waals surface area contributed by atoms with Crippen molar-refractivity contribution in [2.45, 2.75) is 6.92 Å². The van der Waals surface area contributed by atoms with Crippen LogP contribution in [0.3, 0.4) is 0 Å². The lowest BCUT2D eigenvalue weighted by molar-refractivity contribution is 0.213. The zero-order valence-electron chi connectivity index (χ0n) is 6.37. The SMILES string of the molecule is CO/N=C(/C)c1sccc1O. The maximum absolute atomic E-state index is 9.22. The monoisotopic (exact) mass is 171 g/mol. The van der Waals surface area contributed by atoms with Crippen LogP contribution in [0.4, 0.5) is 0 Å². The molecular formula is C7H9NO2S. The van der Waals surface area contributed by atoms with Crippen molar-refractivity contribution >= 4 is 17.0 Å². The molecule has 0 saturated carbocycles. The highest BCUT2D eigenvalue weighted by atomic mass is 32.1. The number of thiophene rings is 1. The van der Waals surface area contributed by atoms with Crippen molar-refractivity contribution in [2.75, 3.05) is 7.11 Å². The van der Waals surface area contributed by atoms with Crippen molar-refractivity contribution in [1.82, 2.24) is 0 Å². The fourth-order valence-electron chi connectivity index (χ4n) is 0.752. The highest BCUT2D eigenvalue weighted by Gasteiger charge is 2.05. The fraction of sp³-hybridized carbons (Fsp3) is 0.286. The van der Waals surface area contributed by atoms with E-state index < -0.39 is 0 Å². The normalized spacial score (nSPS) is 11.6. The molecule has 1 heterocycles. The van der Waals surface area contributed by atoms with Gasteiger partial charge < -0.3 is 9.94 Å². The molecule has 1 aromatic rings. The topological polar surface area (TPSA) is 41.8 Å². The summed E-state index contributed by atoms with van der Waals surface area (Å²) < 4.78 is 0. The first-order valence-electron chi connectivity index (χ1n) is 3.10. The zero-order chi connectivity index (χ0) is 8.27. The average Bonchev–Trinajstić information content (AvgIpc) is 2.36. The van der Waals surface area contributed by atoms with Gasteiger partial charge in [0.1, 0.15) is 12.9 Å². The van der Waals surface area contributed by atoms with Crippen LogP contribution in [0.25, 0.3) is 0 Å². The molecule has 0 unspecified atom stereocenters. The minimum absolute atomic E-state index is 0.258. The Balaban J connectivity index is 2.92. The first-order valence-corrected chi connectivity index (χ1v) is 3.98. The molecule has 3 nitrogen and oxygen atoms in total. The lowest BCUT2D eigenvalue weighted by Crippen LogP contribution is -1.90. The summed E-state index contributed by atoms with van der Waals surface area (Å²) in [5.74, 6) is 0.258. The second-order valence-corrected chi connectivity index (χ2v) is 2.91. The van der Waals surface area contributed by atoms with E-state index in [0.29, 0.717) is 5.71 Å². The predicted octanol–water partition coefficient (Wildman–Crippen LogP) is 1.82. The van der Waals surface area contributed by atoms with E-state index in [1.807, 2.05) is 0 Å². The summed E-state index contributed by atoms with van der Waals surface area (Å²) in [5.41, 5.74) is 0.694. The first-order chi connectivity index (χ1) is 5.25. The van der Waals surface area contributed by atoms with Crippen molar-refractivity contribution in [1.29, 1.82) is 0 Å². The summed E-state index contributed by atoms with van der Waals surface area (Å²) in [5, 5.41) is 14.7. The van der Waals surface area contributed by atoms with E-state index >= 15 is 0 Å². The average molecular weight is 171 g/mol. The van der Waals surface area contributed by atoms with E-state index in [0.717, 1.165) is 4.88 Å². The van der Waals surface area contributed by atoms with Crippen LogP contribution >= 0.6 is 11.3 Å². The molecule has 0 aliphatic rings. The van der Waals surface area contributed by atoms with Crippen molar-refractivity contribution < 1.29 is 9.94 Å². The van der Waals surface area contributed by atoms with E-state index in [4.69, 9.17) is 0 Å². The van der Waals surface area contributed by atoms with E-state index in [9.17, 15) is 5.11 Å². The summed E-state index contributed by atoms with van der Waals surface area (Å²) in [7, 11) is 1.48. The Kier molecular flexibility index (Phi) is 2.48. The number of oxime groups is 1. The molecule has 0 atom stereocenters. The molecule has 0 bridgehead atoms. The molecule has 0 radical (unpaired) electrons. The largest absolute Gasteiger partial charge is 0.506 e. The Morgan fingerprint density at radius 3 is 2.91 bits per heavy atom. The second kappa shape index (κ2) is 3.39. The maximum atomic E-state index is 9.22. The molecule has 0 aliphatic carbocycles. The summed E-state index contributed by atoms with van der Waals surface area (Å²) in [6.07, 6.45) is 0. The Labute approximate surface area is 68.9 Å². The standard InChI is InChI=1S/C7H9NO2S/c1-5(8-10-2)7-6(9)3-4-11-7/h3-4,9H,1-2H3/b8-5-. The van der Waals surface area contributed by atoms with Gasteiger partial charge in [-0.2, -0.15) is 0 Å². The van der Waals surface area contributed by atoms with Gasteiger partial charge in [-0.3, -0.25) is 0 Å². The van der Waals surface area contributed by atoms with E-state index in [1.165, 1.54) is 18.4 Å². The third-order valence-electron chi connectivity index (χ3n) is 1.20. The quantitative estimate of drug-likeness (QED) is 0.544. The van der Waals surface area contributed by atoms with E-state index in [-0.39, 0.29) is 5.75 Å². The molecule has 11 heavy (non-hydrogen) atoms. The van der Waals surface area contributed by atoms with Gasteiger partial charge in [-0.15, -0.1) is 11.3 Å². The highest BCUT2D eigenvalue weighted by molar-refractivity contribution is 7.12. The molecule has 60 valence electrons. The van der Waals surface area contributed by atoms with Crippen LogP contribution in [0.1, 0.15) is 11.8 Å². The minimum atomic E-state index is 0.258. The smallest absolute Gasteiger partial charge is 0.135 e. The predicted molar refractivity (Wildman–Crippen MR) is 45.2 cm³/mol. The number of aromatic hydroxyl groups is 1. The van der Waals surface area contributed by atoms with Crippen LogP contribution in [-0.2, 0) is 4.84 Å². The van der Waals surface area contributed by atoms with Gasteiger partial charge in [0.15, 0.2) is 0 Å². The fourth-order valence-corrected chi connectivity index (χ4v) is 1.48. The number of hydrogen-bond donors (Lipinski definition) is 1. The lowest BCUT2D eigenvalue weighted by atomic mass is 10.3. The van der Waals surface area contributed by atoms with Gasteiger partial charge >= 0.3 is 0 Å². The van der Waals surface area contributed by atoms with Crippen LogP contribution < -0.4 is 0 Å². The molecular weight excluding hydrogens is 162 g/mol. The van der Waals surface area contributed by atoms with Gasteiger partial charge in [0.05, 0.1) is 10.6 Å². The first kappa shape index (κ1) is 8.07. The summed E-state index contributed by atoms with van der Waals surface area (Å²) in [6, 6.07) is 1.63. The molecule has 0 spiro atoms. The summed E-state index contributed by atoms with van der Waals surface area (Å²) in [6.45, 7) is 1.79. The molecule has 0 aromatic carbocycles. The molecule has 1 rings (SSSR count). The van der Waals surface area contributed by atoms with Crippen LogP contribution in [0, 0.1) is 0 Å². The van der Waals surface area contributed by atoms with Crippen molar-refractivity contribution in [2.24, 2.45) is 5.16 Å². The Morgan fingerprint density at radius 1 is 1.73 bits per heavy atom. The molecule has 1 aromatic heterocycles. The van der Waals surface area contributed by atoms with Gasteiger partial charge in [0.2, 0.25) is 0 Å². The van der Waals surface area contributed by atoms with E-state index in [1.54, 1.807) is 18.4 Å². The van der Waals surface area contributed by atoms with Crippen molar-refractivity contribution in [3.8, 4) is 5.75 Å². The van der Waals surface area contributed by atoms with Gasteiger partial charge in [0.25, 0.3) is 0 Å². The third kappa shape index (κ3) is 1.71. The van der Waals surface area contributed by atoms with Crippen LogP contribution in [-0.4, -0.2) is 17.9 Å². The van der Waals surface area contributed by atoms with Gasteiger partial charge in [0, 0.05) is 0 Å². The Morgan fingerprint density at radius 2 is 2.45 bits per heavy atom. The Bertz CT molecular complexity index is 267. The molecule has 4 heteroatoms. The van der Waals surface area contributed by atoms with Gasteiger partial charge in [-0.25, -0.2) is 0 Å². The number of hydrogen-bond acceptors (Lipinski definition) is 4. The third-order valence-corrected chi connectivity index (χ3v) is 2.21. The van der Waals surface area contributed by atoms with E-state index in [2.05, 4.69) is 9.99 Å². The summed E-state index contributed by atoms with van der Waals surface area (Å²) in [4.78, 5) is 5.32.